The van der Waals surface area contributed by atoms with Gasteiger partial charge in [0.15, 0.2) is 0 Å². The molecule has 3 N–H and O–H groups in total. The van der Waals surface area contributed by atoms with E-state index in [1.807, 2.05) is 0 Å². The fourth-order valence-electron chi connectivity index (χ4n) is 5.21. The molecule has 1 amide bonds. The number of carboxylic acids is 2. The van der Waals surface area contributed by atoms with Crippen molar-refractivity contribution in [2.75, 3.05) is 33.0 Å². The summed E-state index contributed by atoms with van der Waals surface area (Å²) in [7, 11) is 0. The first kappa shape index (κ1) is 44.3. The SMILES string of the molecule is CC(=O)CC[C@H](CC(=O)CCC(=O)NCCOCCOCCCC(=O)CCCCCCCCCCCCCCCCC(=O)O)C(=O)O. The van der Waals surface area contributed by atoms with Gasteiger partial charge in [-0.15, -0.1) is 0 Å². The highest BCUT2D eigenvalue weighted by Gasteiger charge is 2.21. The second kappa shape index (κ2) is 31.9. The summed E-state index contributed by atoms with van der Waals surface area (Å²) < 4.78 is 10.9. The summed E-state index contributed by atoms with van der Waals surface area (Å²) >= 11 is 0. The Bertz CT molecular complexity index is 876. The second-order valence-electron chi connectivity index (χ2n) is 12.6. The topological polar surface area (TPSA) is 173 Å². The molecule has 0 saturated carbocycles. The van der Waals surface area contributed by atoms with Crippen molar-refractivity contribution in [1.82, 2.24) is 5.32 Å². The summed E-state index contributed by atoms with van der Waals surface area (Å²) in [4.78, 5) is 68.8. The summed E-state index contributed by atoms with van der Waals surface area (Å²) in [6.45, 7) is 3.25. The van der Waals surface area contributed by atoms with E-state index in [1.165, 1.54) is 64.7 Å². The predicted octanol–water partition coefficient (Wildman–Crippen LogP) is 6.62. The van der Waals surface area contributed by atoms with Crippen LogP contribution in [-0.2, 0) is 38.2 Å². The molecule has 11 nitrogen and oxygen atoms in total. The van der Waals surface area contributed by atoms with Crippen molar-refractivity contribution in [1.29, 1.82) is 0 Å². The van der Waals surface area contributed by atoms with Crippen LogP contribution in [0, 0.1) is 5.92 Å². The number of nitrogens with one attached hydrogen (secondary N) is 1. The van der Waals surface area contributed by atoms with Gasteiger partial charge in [0.25, 0.3) is 0 Å². The molecule has 11 heteroatoms. The van der Waals surface area contributed by atoms with Crippen LogP contribution >= 0.6 is 0 Å². The third-order valence-corrected chi connectivity index (χ3v) is 8.08. The highest BCUT2D eigenvalue weighted by atomic mass is 16.5. The molecule has 0 aromatic rings. The fourth-order valence-corrected chi connectivity index (χ4v) is 5.21. The highest BCUT2D eigenvalue weighted by Crippen LogP contribution is 2.15. The molecular weight excluding hydrogens is 606 g/mol. The quantitative estimate of drug-likeness (QED) is 0.0615. The van der Waals surface area contributed by atoms with Crippen LogP contribution in [0.4, 0.5) is 0 Å². The summed E-state index contributed by atoms with van der Waals surface area (Å²) in [6.07, 6.45) is 18.5. The zero-order chi connectivity index (χ0) is 35.0. The Morgan fingerprint density at radius 1 is 0.532 bits per heavy atom. The van der Waals surface area contributed by atoms with Gasteiger partial charge in [0.2, 0.25) is 5.91 Å². The van der Waals surface area contributed by atoms with Crippen LogP contribution in [0.3, 0.4) is 0 Å². The molecule has 0 aromatic heterocycles. The standard InChI is InChI=1S/C36H63NO10/c1-30(38)20-21-31(36(44)45)29-33(40)22-23-34(41)37-24-26-47-28-27-46-25-16-18-32(39)17-14-12-10-8-6-4-2-3-5-7-9-11-13-15-19-35(42)43/h31H,2-29H2,1H3,(H,37,41)(H,42,43)(H,44,45)/t31-/m1/s1. The maximum absolute atomic E-state index is 12.1. The molecular formula is C36H63NO10. The Balaban J connectivity index is 3.45. The van der Waals surface area contributed by atoms with E-state index in [-0.39, 0.29) is 49.6 Å². The second-order valence-corrected chi connectivity index (χ2v) is 12.6. The number of carbonyl (C=O) groups excluding carboxylic acids is 4. The van der Waals surface area contributed by atoms with Gasteiger partial charge in [0.05, 0.1) is 25.7 Å². The van der Waals surface area contributed by atoms with Crippen molar-refractivity contribution in [3.05, 3.63) is 0 Å². The van der Waals surface area contributed by atoms with E-state index >= 15 is 0 Å². The van der Waals surface area contributed by atoms with Crippen LogP contribution in [0.1, 0.15) is 155 Å². The minimum absolute atomic E-state index is 0.0248. The maximum Gasteiger partial charge on any atom is 0.306 e. The monoisotopic (exact) mass is 669 g/mol. The van der Waals surface area contributed by atoms with Gasteiger partial charge in [-0.05, 0) is 32.6 Å². The van der Waals surface area contributed by atoms with Crippen molar-refractivity contribution >= 4 is 35.2 Å². The summed E-state index contributed by atoms with van der Waals surface area (Å²) in [6, 6.07) is 0. The van der Waals surface area contributed by atoms with Gasteiger partial charge in [-0.2, -0.15) is 0 Å². The van der Waals surface area contributed by atoms with Crippen molar-refractivity contribution < 1.29 is 48.5 Å². The molecule has 0 radical (unpaired) electrons. The normalized spacial score (nSPS) is 11.7. The lowest BCUT2D eigenvalue weighted by molar-refractivity contribution is -0.144. The number of unbranched alkanes of at least 4 members (excludes halogenated alkanes) is 13. The molecule has 0 spiro atoms. The first-order valence-electron chi connectivity index (χ1n) is 18.0. The van der Waals surface area contributed by atoms with Crippen LogP contribution in [0.5, 0.6) is 0 Å². The predicted molar refractivity (Wildman–Crippen MR) is 180 cm³/mol. The van der Waals surface area contributed by atoms with Crippen molar-refractivity contribution in [2.45, 2.75) is 155 Å². The number of hydrogen-bond acceptors (Lipinski definition) is 8. The highest BCUT2D eigenvalue weighted by molar-refractivity contribution is 5.87. The van der Waals surface area contributed by atoms with Crippen LogP contribution in [0.25, 0.3) is 0 Å². The average molecular weight is 670 g/mol. The number of rotatable bonds is 36. The van der Waals surface area contributed by atoms with Crippen LogP contribution in [0.2, 0.25) is 0 Å². The summed E-state index contributed by atoms with van der Waals surface area (Å²) in [5, 5.41) is 20.5. The number of ketones is 3. The molecule has 0 fully saturated rings. The lowest BCUT2D eigenvalue weighted by Crippen LogP contribution is -2.28. The number of ether oxygens (including phenoxy) is 2. The van der Waals surface area contributed by atoms with Crippen LogP contribution in [0.15, 0.2) is 0 Å². The number of amides is 1. The van der Waals surface area contributed by atoms with Gasteiger partial charge in [-0.1, -0.05) is 77.0 Å². The van der Waals surface area contributed by atoms with Gasteiger partial charge in [0, 0.05) is 58.1 Å². The third-order valence-electron chi connectivity index (χ3n) is 8.08. The summed E-state index contributed by atoms with van der Waals surface area (Å²) in [5.41, 5.74) is 0. The lowest BCUT2D eigenvalue weighted by Gasteiger charge is -2.10. The fraction of sp³-hybridized carbons (Fsp3) is 0.833. The number of carboxylic acid groups (broad SMARTS) is 2. The van der Waals surface area contributed by atoms with E-state index in [2.05, 4.69) is 5.32 Å². The average Bonchev–Trinajstić information content (AvgIpc) is 3.02. The minimum Gasteiger partial charge on any atom is -0.481 e. The third kappa shape index (κ3) is 33.1. The molecule has 0 heterocycles. The van der Waals surface area contributed by atoms with Crippen molar-refractivity contribution in [3.8, 4) is 0 Å². The number of carbonyl (C=O) groups is 6. The molecule has 0 aliphatic heterocycles. The Morgan fingerprint density at radius 2 is 1.02 bits per heavy atom. The van der Waals surface area contributed by atoms with Crippen molar-refractivity contribution in [3.63, 3.8) is 0 Å². The Kier molecular flexibility index (Phi) is 30.1. The van der Waals surface area contributed by atoms with E-state index < -0.39 is 17.9 Å². The molecule has 0 rings (SSSR count). The molecule has 272 valence electrons. The Hall–Kier alpha value is -2.66. The number of hydrogen-bond donors (Lipinski definition) is 3. The van der Waals surface area contributed by atoms with E-state index in [4.69, 9.17) is 14.6 Å². The van der Waals surface area contributed by atoms with E-state index in [1.54, 1.807) is 0 Å². The maximum atomic E-state index is 12.1. The molecule has 1 atom stereocenters. The smallest absolute Gasteiger partial charge is 0.306 e. The molecule has 0 aromatic carbocycles. The van der Waals surface area contributed by atoms with Gasteiger partial charge >= 0.3 is 11.9 Å². The van der Waals surface area contributed by atoms with Gasteiger partial charge in [-0.25, -0.2) is 0 Å². The Morgan fingerprint density at radius 3 is 1.53 bits per heavy atom. The largest absolute Gasteiger partial charge is 0.481 e. The zero-order valence-electron chi connectivity index (χ0n) is 29.0. The van der Waals surface area contributed by atoms with Crippen LogP contribution < -0.4 is 5.32 Å². The Labute approximate surface area is 282 Å². The first-order chi connectivity index (χ1) is 22.6. The number of aliphatic carboxylic acids is 2. The molecule has 0 aliphatic rings. The molecule has 0 aliphatic carbocycles. The van der Waals surface area contributed by atoms with Gasteiger partial charge in [0.1, 0.15) is 17.3 Å². The molecule has 0 saturated heterocycles. The van der Waals surface area contributed by atoms with Gasteiger partial charge < -0.3 is 29.8 Å². The summed E-state index contributed by atoms with van der Waals surface area (Å²) in [5.74, 6) is -3.16. The number of Topliss-reactive ketones (excluding diaryl/α,β-unsaturated/α-hetero) is 3. The lowest BCUT2D eigenvalue weighted by atomic mass is 9.94. The van der Waals surface area contributed by atoms with E-state index in [0.717, 1.165) is 32.1 Å². The zero-order valence-corrected chi connectivity index (χ0v) is 29.0. The van der Waals surface area contributed by atoms with E-state index in [9.17, 15) is 33.9 Å². The van der Waals surface area contributed by atoms with Crippen LogP contribution in [-0.4, -0.2) is 78.4 Å². The molecule has 0 unspecified atom stereocenters. The first-order valence-corrected chi connectivity index (χ1v) is 18.0. The molecule has 0 bridgehead atoms. The van der Waals surface area contributed by atoms with E-state index in [0.29, 0.717) is 64.4 Å². The molecule has 47 heavy (non-hydrogen) atoms. The minimum atomic E-state index is -1.11. The van der Waals surface area contributed by atoms with Gasteiger partial charge in [-0.3, -0.25) is 24.0 Å². The van der Waals surface area contributed by atoms with Crippen molar-refractivity contribution in [2.24, 2.45) is 5.92 Å².